The van der Waals surface area contributed by atoms with E-state index in [2.05, 4.69) is 22.1 Å². The van der Waals surface area contributed by atoms with Crippen molar-refractivity contribution >= 4 is 17.4 Å². The fourth-order valence-electron chi connectivity index (χ4n) is 3.34. The van der Waals surface area contributed by atoms with Gasteiger partial charge in [0.25, 0.3) is 0 Å². The van der Waals surface area contributed by atoms with Crippen LogP contribution in [0.4, 0.5) is 5.82 Å². The molecule has 0 aliphatic carbocycles. The first kappa shape index (κ1) is 15.1. The molecule has 3 rings (SSSR count). The zero-order valence-corrected chi connectivity index (χ0v) is 13.4. The number of hydrogen-bond acceptors (Lipinski definition) is 4. The molecule has 0 saturated carbocycles. The van der Waals surface area contributed by atoms with Crippen molar-refractivity contribution in [1.82, 2.24) is 9.88 Å². The summed E-state index contributed by atoms with van der Waals surface area (Å²) in [6, 6.07) is 4.32. The largest absolute Gasteiger partial charge is 0.377 e. The number of nitrogens with zero attached hydrogens (tertiary/aromatic N) is 2. The standard InChI is InChI=1S/C16H24ClN3O/c1-12-10-20(11-14-3-2-8-21-14)7-6-15(12)19-16-5-4-13(17)9-18-16/h4-5,9,12,14-15H,2-3,6-8,10-11H2,1H3,(H,18,19). The Morgan fingerprint density at radius 3 is 3.00 bits per heavy atom. The number of halogens is 1. The van der Waals surface area contributed by atoms with E-state index in [0.717, 1.165) is 38.5 Å². The van der Waals surface area contributed by atoms with Crippen LogP contribution in [0, 0.1) is 5.92 Å². The van der Waals surface area contributed by atoms with Gasteiger partial charge in [-0.1, -0.05) is 18.5 Å². The summed E-state index contributed by atoms with van der Waals surface area (Å²) in [5.74, 6) is 1.53. The highest BCUT2D eigenvalue weighted by Crippen LogP contribution is 2.23. The maximum Gasteiger partial charge on any atom is 0.126 e. The number of likely N-dealkylation sites (tertiary alicyclic amines) is 1. The minimum absolute atomic E-state index is 0.458. The molecule has 3 heterocycles. The minimum atomic E-state index is 0.458. The molecule has 3 unspecified atom stereocenters. The average Bonchev–Trinajstić information content (AvgIpc) is 2.97. The number of anilines is 1. The van der Waals surface area contributed by atoms with E-state index in [9.17, 15) is 0 Å². The van der Waals surface area contributed by atoms with Crippen molar-refractivity contribution < 1.29 is 4.74 Å². The summed E-state index contributed by atoms with van der Waals surface area (Å²) in [5, 5.41) is 4.22. The van der Waals surface area contributed by atoms with E-state index in [0.29, 0.717) is 23.1 Å². The van der Waals surface area contributed by atoms with Gasteiger partial charge >= 0.3 is 0 Å². The fourth-order valence-corrected chi connectivity index (χ4v) is 3.45. The molecule has 2 aliphatic rings. The smallest absolute Gasteiger partial charge is 0.126 e. The molecule has 0 bridgehead atoms. The van der Waals surface area contributed by atoms with E-state index in [1.54, 1.807) is 6.20 Å². The SMILES string of the molecule is CC1CN(CC2CCCO2)CCC1Nc1ccc(Cl)cn1. The Morgan fingerprint density at radius 1 is 1.43 bits per heavy atom. The predicted octanol–water partition coefficient (Wildman–Crippen LogP) is 3.04. The van der Waals surface area contributed by atoms with Crippen LogP contribution in [-0.2, 0) is 4.74 Å². The van der Waals surface area contributed by atoms with Crippen molar-refractivity contribution in [2.75, 3.05) is 31.6 Å². The van der Waals surface area contributed by atoms with Crippen molar-refractivity contribution in [2.45, 2.75) is 38.3 Å². The Morgan fingerprint density at radius 2 is 2.33 bits per heavy atom. The summed E-state index contributed by atoms with van der Waals surface area (Å²) in [4.78, 5) is 6.88. The predicted molar refractivity (Wildman–Crippen MR) is 85.9 cm³/mol. The van der Waals surface area contributed by atoms with E-state index in [1.807, 2.05) is 12.1 Å². The third-order valence-corrected chi connectivity index (χ3v) is 4.76. The van der Waals surface area contributed by atoms with Gasteiger partial charge in [-0.3, -0.25) is 0 Å². The molecular weight excluding hydrogens is 286 g/mol. The lowest BCUT2D eigenvalue weighted by atomic mass is 9.93. The second kappa shape index (κ2) is 6.95. The van der Waals surface area contributed by atoms with Crippen LogP contribution in [0.5, 0.6) is 0 Å². The molecule has 4 nitrogen and oxygen atoms in total. The molecule has 0 amide bonds. The van der Waals surface area contributed by atoms with Crippen LogP contribution in [0.1, 0.15) is 26.2 Å². The number of rotatable bonds is 4. The monoisotopic (exact) mass is 309 g/mol. The van der Waals surface area contributed by atoms with Crippen LogP contribution >= 0.6 is 11.6 Å². The molecule has 2 aliphatic heterocycles. The van der Waals surface area contributed by atoms with Gasteiger partial charge in [-0.2, -0.15) is 0 Å². The number of piperidine rings is 1. The third-order valence-electron chi connectivity index (χ3n) is 4.54. The quantitative estimate of drug-likeness (QED) is 0.927. The Hall–Kier alpha value is -0.840. The average molecular weight is 310 g/mol. The van der Waals surface area contributed by atoms with Crippen LogP contribution in [0.25, 0.3) is 0 Å². The lowest BCUT2D eigenvalue weighted by molar-refractivity contribution is 0.0562. The summed E-state index contributed by atoms with van der Waals surface area (Å²) in [7, 11) is 0. The van der Waals surface area contributed by atoms with Crippen LogP contribution < -0.4 is 5.32 Å². The Kier molecular flexibility index (Phi) is 4.99. The second-order valence-electron chi connectivity index (χ2n) is 6.27. The summed E-state index contributed by atoms with van der Waals surface area (Å²) in [6.45, 7) is 6.62. The highest BCUT2D eigenvalue weighted by Gasteiger charge is 2.28. The lowest BCUT2D eigenvalue weighted by Gasteiger charge is -2.38. The molecule has 0 radical (unpaired) electrons. The van der Waals surface area contributed by atoms with Gasteiger partial charge in [0.15, 0.2) is 0 Å². The summed E-state index contributed by atoms with van der Waals surface area (Å²) >= 11 is 5.87. The van der Waals surface area contributed by atoms with Crippen LogP contribution in [-0.4, -0.2) is 48.3 Å². The first-order valence-corrected chi connectivity index (χ1v) is 8.30. The number of aromatic nitrogens is 1. The number of nitrogens with one attached hydrogen (secondary N) is 1. The molecule has 5 heteroatoms. The Bertz CT molecular complexity index is 447. The molecule has 21 heavy (non-hydrogen) atoms. The molecule has 2 fully saturated rings. The number of ether oxygens (including phenoxy) is 1. The van der Waals surface area contributed by atoms with Gasteiger partial charge in [-0.25, -0.2) is 4.98 Å². The van der Waals surface area contributed by atoms with Crippen molar-refractivity contribution in [2.24, 2.45) is 5.92 Å². The van der Waals surface area contributed by atoms with Gasteiger partial charge in [-0.15, -0.1) is 0 Å². The van der Waals surface area contributed by atoms with Crippen LogP contribution in [0.15, 0.2) is 18.3 Å². The highest BCUT2D eigenvalue weighted by atomic mass is 35.5. The lowest BCUT2D eigenvalue weighted by Crippen LogP contribution is -2.47. The zero-order valence-electron chi connectivity index (χ0n) is 12.6. The van der Waals surface area contributed by atoms with E-state index in [4.69, 9.17) is 16.3 Å². The van der Waals surface area contributed by atoms with Gasteiger partial charge in [0.2, 0.25) is 0 Å². The first-order chi connectivity index (χ1) is 10.2. The van der Waals surface area contributed by atoms with Gasteiger partial charge in [0.05, 0.1) is 11.1 Å². The molecule has 3 atom stereocenters. The highest BCUT2D eigenvalue weighted by molar-refractivity contribution is 6.30. The van der Waals surface area contributed by atoms with Crippen molar-refractivity contribution in [3.63, 3.8) is 0 Å². The number of pyridine rings is 1. The van der Waals surface area contributed by atoms with Gasteiger partial charge in [-0.05, 0) is 37.3 Å². The molecule has 1 aromatic rings. The van der Waals surface area contributed by atoms with Crippen molar-refractivity contribution in [1.29, 1.82) is 0 Å². The van der Waals surface area contributed by atoms with Gasteiger partial charge in [0, 0.05) is 38.5 Å². The third kappa shape index (κ3) is 4.09. The topological polar surface area (TPSA) is 37.4 Å². The molecule has 1 aromatic heterocycles. The van der Waals surface area contributed by atoms with Crippen molar-refractivity contribution in [3.05, 3.63) is 23.4 Å². The zero-order chi connectivity index (χ0) is 14.7. The van der Waals surface area contributed by atoms with E-state index < -0.39 is 0 Å². The maximum atomic E-state index is 5.87. The van der Waals surface area contributed by atoms with Crippen LogP contribution in [0.3, 0.4) is 0 Å². The first-order valence-electron chi connectivity index (χ1n) is 7.93. The number of hydrogen-bond donors (Lipinski definition) is 1. The molecule has 2 saturated heterocycles. The van der Waals surface area contributed by atoms with E-state index >= 15 is 0 Å². The van der Waals surface area contributed by atoms with E-state index in [-0.39, 0.29) is 0 Å². The maximum absolute atomic E-state index is 5.87. The van der Waals surface area contributed by atoms with Crippen LogP contribution in [0.2, 0.25) is 5.02 Å². The van der Waals surface area contributed by atoms with Crippen molar-refractivity contribution in [3.8, 4) is 0 Å². The second-order valence-corrected chi connectivity index (χ2v) is 6.71. The van der Waals surface area contributed by atoms with E-state index in [1.165, 1.54) is 12.8 Å². The minimum Gasteiger partial charge on any atom is -0.377 e. The molecule has 0 spiro atoms. The van der Waals surface area contributed by atoms with Gasteiger partial charge < -0.3 is 15.0 Å². The molecule has 1 N–H and O–H groups in total. The molecule has 0 aromatic carbocycles. The summed E-state index contributed by atoms with van der Waals surface area (Å²) in [6.07, 6.45) is 5.75. The summed E-state index contributed by atoms with van der Waals surface area (Å²) < 4.78 is 5.74. The Balaban J connectivity index is 1.49. The normalized spacial score (nSPS) is 30.5. The summed E-state index contributed by atoms with van der Waals surface area (Å²) in [5.41, 5.74) is 0. The van der Waals surface area contributed by atoms with Gasteiger partial charge in [0.1, 0.15) is 5.82 Å². The molecular formula is C16H24ClN3O. The fraction of sp³-hybridized carbons (Fsp3) is 0.688. The Labute approximate surface area is 131 Å². The molecule has 116 valence electrons.